The van der Waals surface area contributed by atoms with Crippen LogP contribution in [-0.2, 0) is 15.0 Å². The Kier molecular flexibility index (Phi) is 6.83. The van der Waals surface area contributed by atoms with Crippen molar-refractivity contribution < 1.29 is 14.0 Å². The number of hydrogen-bond acceptors (Lipinski definition) is 3. The Labute approximate surface area is 205 Å². The van der Waals surface area contributed by atoms with Gasteiger partial charge in [0.25, 0.3) is 5.91 Å². The van der Waals surface area contributed by atoms with Gasteiger partial charge in [-0.25, -0.2) is 9.07 Å². The zero-order valence-electron chi connectivity index (χ0n) is 20.4. The summed E-state index contributed by atoms with van der Waals surface area (Å²) in [5.41, 5.74) is 3.73. The lowest BCUT2D eigenvalue weighted by molar-refractivity contribution is -0.131. The number of piperidine rings is 1. The van der Waals surface area contributed by atoms with E-state index in [0.717, 1.165) is 34.0 Å². The van der Waals surface area contributed by atoms with Crippen LogP contribution in [0.3, 0.4) is 0 Å². The van der Waals surface area contributed by atoms with Crippen LogP contribution in [0.4, 0.5) is 4.39 Å². The first-order valence-electron chi connectivity index (χ1n) is 11.8. The number of allylic oxidation sites excluding steroid dienone is 3. The minimum atomic E-state index is -0.554. The van der Waals surface area contributed by atoms with Gasteiger partial charge in [-0.1, -0.05) is 37.8 Å². The molecule has 1 saturated heterocycles. The summed E-state index contributed by atoms with van der Waals surface area (Å²) in [5.74, 6) is -0.585. The fourth-order valence-electron chi connectivity index (χ4n) is 5.15. The SMILES string of the molecule is C=C/C=C(\C=C/C)C(=O)N1CC[C@@H](C=O)[C@](C)(c2cc3cnn(-c4ccc(F)cc4)c3cc2C)C1. The zero-order valence-corrected chi connectivity index (χ0v) is 20.4. The molecule has 180 valence electrons. The maximum Gasteiger partial charge on any atom is 0.253 e. The number of benzene rings is 2. The summed E-state index contributed by atoms with van der Waals surface area (Å²) in [6.07, 6.45) is 10.3. The van der Waals surface area contributed by atoms with E-state index in [0.29, 0.717) is 25.1 Å². The first-order chi connectivity index (χ1) is 16.8. The van der Waals surface area contributed by atoms with E-state index in [-0.39, 0.29) is 17.6 Å². The second-order valence-electron chi connectivity index (χ2n) is 9.29. The highest BCUT2D eigenvalue weighted by molar-refractivity contribution is 5.96. The number of carbonyl (C=O) groups excluding carboxylic acids is 2. The summed E-state index contributed by atoms with van der Waals surface area (Å²) in [4.78, 5) is 27.3. The lowest BCUT2D eigenvalue weighted by atomic mass is 9.67. The van der Waals surface area contributed by atoms with Crippen LogP contribution in [0.1, 0.15) is 31.4 Å². The number of amides is 1. The van der Waals surface area contributed by atoms with E-state index < -0.39 is 5.41 Å². The highest BCUT2D eigenvalue weighted by Gasteiger charge is 2.43. The highest BCUT2D eigenvalue weighted by Crippen LogP contribution is 2.41. The Morgan fingerprint density at radius 1 is 1.26 bits per heavy atom. The first kappa shape index (κ1) is 24.3. The molecule has 2 aromatic carbocycles. The topological polar surface area (TPSA) is 55.2 Å². The molecule has 0 bridgehead atoms. The number of carbonyl (C=O) groups is 2. The number of aryl methyl sites for hydroxylation is 1. The van der Waals surface area contributed by atoms with Gasteiger partial charge in [-0.05, 0) is 67.8 Å². The zero-order chi connectivity index (χ0) is 25.2. The molecule has 5 nitrogen and oxygen atoms in total. The average molecular weight is 472 g/mol. The van der Waals surface area contributed by atoms with E-state index in [1.807, 2.05) is 24.8 Å². The van der Waals surface area contributed by atoms with Crippen molar-refractivity contribution in [3.05, 3.63) is 96.0 Å². The Morgan fingerprint density at radius 3 is 2.66 bits per heavy atom. The Balaban J connectivity index is 1.75. The van der Waals surface area contributed by atoms with Crippen LogP contribution in [-0.4, -0.2) is 40.0 Å². The van der Waals surface area contributed by atoms with E-state index in [4.69, 9.17) is 0 Å². The molecule has 1 aromatic heterocycles. The van der Waals surface area contributed by atoms with Crippen molar-refractivity contribution >= 4 is 23.1 Å². The molecular formula is C29H30FN3O2. The lowest BCUT2D eigenvalue weighted by Gasteiger charge is -2.45. The molecule has 0 unspecified atom stereocenters. The van der Waals surface area contributed by atoms with E-state index >= 15 is 0 Å². The number of halogens is 1. The second-order valence-corrected chi connectivity index (χ2v) is 9.29. The van der Waals surface area contributed by atoms with Gasteiger partial charge in [0.1, 0.15) is 12.1 Å². The quantitative estimate of drug-likeness (QED) is 0.272. The molecule has 6 heteroatoms. The standard InChI is InChI=1S/C29H30FN3O2/c1-5-7-21(8-6-2)28(35)32-14-13-23(18-34)29(4,19-32)26-16-22-17-31-33(27(22)15-20(26)3)25-11-9-24(30)10-12-25/h5-12,15-18,23H,1,13-14,19H2,2-4H3/b8-6-,21-7+/t23-,29+/m0/s1. The predicted octanol–water partition coefficient (Wildman–Crippen LogP) is 5.47. The third-order valence-electron chi connectivity index (χ3n) is 6.99. The number of likely N-dealkylation sites (tertiary alicyclic amines) is 1. The minimum absolute atomic E-state index is 0.0681. The van der Waals surface area contributed by atoms with Crippen molar-refractivity contribution in [2.24, 2.45) is 5.92 Å². The van der Waals surface area contributed by atoms with E-state index in [9.17, 15) is 14.0 Å². The van der Waals surface area contributed by atoms with E-state index in [1.165, 1.54) is 12.1 Å². The smallest absolute Gasteiger partial charge is 0.253 e. The number of aromatic nitrogens is 2. The third-order valence-corrected chi connectivity index (χ3v) is 6.99. The van der Waals surface area contributed by atoms with E-state index in [2.05, 4.69) is 30.7 Å². The minimum Gasteiger partial charge on any atom is -0.338 e. The summed E-state index contributed by atoms with van der Waals surface area (Å²) in [6.45, 7) is 10.6. The van der Waals surface area contributed by atoms with Crippen molar-refractivity contribution in [3.8, 4) is 5.69 Å². The molecule has 0 radical (unpaired) electrons. The number of hydrogen-bond donors (Lipinski definition) is 0. The number of aldehydes is 1. The molecule has 0 saturated carbocycles. The van der Waals surface area contributed by atoms with Crippen LogP contribution >= 0.6 is 0 Å². The van der Waals surface area contributed by atoms with E-state index in [1.54, 1.807) is 41.2 Å². The van der Waals surface area contributed by atoms with Gasteiger partial charge in [0.2, 0.25) is 0 Å². The van der Waals surface area contributed by atoms with Crippen molar-refractivity contribution in [2.75, 3.05) is 13.1 Å². The predicted molar refractivity (Wildman–Crippen MR) is 137 cm³/mol. The monoisotopic (exact) mass is 471 g/mol. The average Bonchev–Trinajstić information content (AvgIpc) is 3.26. The molecule has 3 aromatic rings. The van der Waals surface area contributed by atoms with Crippen molar-refractivity contribution in [1.29, 1.82) is 0 Å². The van der Waals surface area contributed by atoms with Gasteiger partial charge in [-0.2, -0.15) is 5.10 Å². The van der Waals surface area contributed by atoms with Gasteiger partial charge in [-0.15, -0.1) is 0 Å². The highest BCUT2D eigenvalue weighted by atomic mass is 19.1. The van der Waals surface area contributed by atoms with Crippen LogP contribution in [0.15, 0.2) is 79.1 Å². The summed E-state index contributed by atoms with van der Waals surface area (Å²) >= 11 is 0. The van der Waals surface area contributed by atoms with Crippen LogP contribution < -0.4 is 0 Å². The molecule has 2 atom stereocenters. The molecule has 2 heterocycles. The first-order valence-corrected chi connectivity index (χ1v) is 11.8. The third kappa shape index (κ3) is 4.48. The maximum atomic E-state index is 13.4. The Morgan fingerprint density at radius 2 is 2.00 bits per heavy atom. The van der Waals surface area contributed by atoms with Crippen LogP contribution in [0.2, 0.25) is 0 Å². The van der Waals surface area contributed by atoms with Crippen LogP contribution in [0.5, 0.6) is 0 Å². The second kappa shape index (κ2) is 9.82. The molecule has 1 amide bonds. The maximum absolute atomic E-state index is 13.4. The molecule has 0 aliphatic carbocycles. The normalized spacial score (nSPS) is 21.0. The Bertz CT molecular complexity index is 1340. The summed E-state index contributed by atoms with van der Waals surface area (Å²) < 4.78 is 15.2. The fraction of sp³-hybridized carbons (Fsp3) is 0.276. The van der Waals surface area contributed by atoms with Crippen molar-refractivity contribution in [2.45, 2.75) is 32.6 Å². The van der Waals surface area contributed by atoms with Crippen LogP contribution in [0, 0.1) is 18.7 Å². The molecule has 1 aliphatic heterocycles. The van der Waals surface area contributed by atoms with Gasteiger partial charge >= 0.3 is 0 Å². The summed E-state index contributed by atoms with van der Waals surface area (Å²) in [5, 5.41) is 5.45. The summed E-state index contributed by atoms with van der Waals surface area (Å²) in [7, 11) is 0. The molecule has 0 N–H and O–H groups in total. The van der Waals surface area contributed by atoms with Gasteiger partial charge in [-0.3, -0.25) is 4.79 Å². The van der Waals surface area contributed by atoms with Gasteiger partial charge in [0.05, 0.1) is 17.4 Å². The number of rotatable bonds is 6. The van der Waals surface area contributed by atoms with Gasteiger partial charge in [0.15, 0.2) is 0 Å². The van der Waals surface area contributed by atoms with Crippen LogP contribution in [0.25, 0.3) is 16.6 Å². The number of fused-ring (bicyclic) bond motifs is 1. The molecule has 1 fully saturated rings. The Hall–Kier alpha value is -3.80. The summed E-state index contributed by atoms with van der Waals surface area (Å²) in [6, 6.07) is 10.3. The molecule has 35 heavy (non-hydrogen) atoms. The molecule has 1 aliphatic rings. The molecule has 0 spiro atoms. The van der Waals surface area contributed by atoms with Gasteiger partial charge in [0, 0.05) is 35.4 Å². The molecular weight excluding hydrogens is 441 g/mol. The van der Waals surface area contributed by atoms with Crippen molar-refractivity contribution in [1.82, 2.24) is 14.7 Å². The lowest BCUT2D eigenvalue weighted by Crippen LogP contribution is -2.53. The van der Waals surface area contributed by atoms with Crippen molar-refractivity contribution in [3.63, 3.8) is 0 Å². The largest absolute Gasteiger partial charge is 0.338 e. The van der Waals surface area contributed by atoms with Gasteiger partial charge < -0.3 is 9.69 Å². The fourth-order valence-corrected chi connectivity index (χ4v) is 5.15. The number of nitrogens with zero attached hydrogens (tertiary/aromatic N) is 3. The molecule has 4 rings (SSSR count).